The van der Waals surface area contributed by atoms with Crippen molar-refractivity contribution < 1.29 is 23.9 Å². The summed E-state index contributed by atoms with van der Waals surface area (Å²) in [5.41, 5.74) is 0.0990. The minimum atomic E-state index is -1.39. The zero-order valence-electron chi connectivity index (χ0n) is 12.8. The molecular formula is C17H17ClO5. The van der Waals surface area contributed by atoms with Crippen molar-refractivity contribution >= 4 is 29.1 Å². The lowest BCUT2D eigenvalue weighted by atomic mass is 9.61. The number of halogens is 1. The molecule has 0 N–H and O–H groups in total. The van der Waals surface area contributed by atoms with Gasteiger partial charge in [-0.05, 0) is 43.5 Å². The first-order chi connectivity index (χ1) is 11.0. The van der Waals surface area contributed by atoms with Gasteiger partial charge in [0.25, 0.3) is 0 Å². The molecule has 1 unspecified atom stereocenters. The van der Waals surface area contributed by atoms with Crippen LogP contribution >= 0.6 is 11.6 Å². The lowest BCUT2D eigenvalue weighted by Crippen LogP contribution is -2.53. The Labute approximate surface area is 138 Å². The number of rotatable bonds is 2. The Hall–Kier alpha value is -1.72. The highest BCUT2D eigenvalue weighted by molar-refractivity contribution is 6.32. The molecule has 1 aromatic rings. The second-order valence-corrected chi connectivity index (χ2v) is 6.23. The average Bonchev–Trinajstić information content (AvgIpc) is 2.54. The van der Waals surface area contributed by atoms with E-state index in [9.17, 15) is 14.4 Å². The van der Waals surface area contributed by atoms with Gasteiger partial charge in [0.05, 0.1) is 12.0 Å². The van der Waals surface area contributed by atoms with E-state index < -0.39 is 23.1 Å². The minimum absolute atomic E-state index is 0.124. The summed E-state index contributed by atoms with van der Waals surface area (Å²) in [7, 11) is 0. The normalized spacial score (nSPS) is 22.8. The fourth-order valence-corrected chi connectivity index (χ4v) is 3.66. The predicted molar refractivity (Wildman–Crippen MR) is 82.6 cm³/mol. The van der Waals surface area contributed by atoms with E-state index >= 15 is 0 Å². The van der Waals surface area contributed by atoms with Gasteiger partial charge in [-0.15, -0.1) is 0 Å². The van der Waals surface area contributed by atoms with Crippen LogP contribution in [0.5, 0.6) is 0 Å². The van der Waals surface area contributed by atoms with E-state index in [0.29, 0.717) is 42.2 Å². The molecule has 1 aliphatic carbocycles. The Bertz CT molecular complexity index is 676. The van der Waals surface area contributed by atoms with E-state index in [1.807, 2.05) is 0 Å². The van der Waals surface area contributed by atoms with Crippen LogP contribution in [0.15, 0.2) is 18.2 Å². The third kappa shape index (κ3) is 2.48. The van der Waals surface area contributed by atoms with Crippen LogP contribution in [-0.2, 0) is 24.5 Å². The fourth-order valence-electron chi connectivity index (χ4n) is 3.49. The van der Waals surface area contributed by atoms with E-state index in [2.05, 4.69) is 0 Å². The summed E-state index contributed by atoms with van der Waals surface area (Å²) in [6.45, 7) is 2.58. The van der Waals surface area contributed by atoms with Gasteiger partial charge >= 0.3 is 5.97 Å². The summed E-state index contributed by atoms with van der Waals surface area (Å²) >= 11 is 6.08. The molecule has 0 radical (unpaired) electrons. The van der Waals surface area contributed by atoms with Crippen LogP contribution in [0, 0.1) is 5.92 Å². The standard InChI is InChI=1S/C17H17ClO5/c1-2-23-16(21)13-14(19)11-4-3-10(18)9-12(11)17(15(13)20)5-7-22-8-6-17/h3-4,9,13H,2,5-8H2,1H3. The second-order valence-electron chi connectivity index (χ2n) is 5.80. The molecule has 5 nitrogen and oxygen atoms in total. The number of carbonyl (C=O) groups is 3. The van der Waals surface area contributed by atoms with Gasteiger partial charge in [-0.25, -0.2) is 0 Å². The fraction of sp³-hybridized carbons (Fsp3) is 0.471. The van der Waals surface area contributed by atoms with Crippen molar-refractivity contribution in [3.05, 3.63) is 34.3 Å². The van der Waals surface area contributed by atoms with Gasteiger partial charge in [0.2, 0.25) is 0 Å². The van der Waals surface area contributed by atoms with Crippen molar-refractivity contribution in [3.63, 3.8) is 0 Å². The summed E-state index contributed by atoms with van der Waals surface area (Å²) < 4.78 is 10.3. The van der Waals surface area contributed by atoms with Crippen molar-refractivity contribution in [3.8, 4) is 0 Å². The number of fused-ring (bicyclic) bond motifs is 2. The summed E-state index contributed by atoms with van der Waals surface area (Å²) in [5.74, 6) is -3.05. The van der Waals surface area contributed by atoms with Crippen molar-refractivity contribution in [2.45, 2.75) is 25.2 Å². The molecule has 0 bridgehead atoms. The average molecular weight is 337 g/mol. The third-order valence-corrected chi connectivity index (χ3v) is 4.86. The van der Waals surface area contributed by atoms with Crippen LogP contribution in [0.25, 0.3) is 0 Å². The van der Waals surface area contributed by atoms with Crippen molar-refractivity contribution in [2.24, 2.45) is 5.92 Å². The van der Waals surface area contributed by atoms with Gasteiger partial charge < -0.3 is 9.47 Å². The first-order valence-corrected chi connectivity index (χ1v) is 8.02. The number of Topliss-reactive ketones (excluding diaryl/α,β-unsaturated/α-hetero) is 2. The molecule has 1 aliphatic heterocycles. The molecule has 1 fully saturated rings. The maximum absolute atomic E-state index is 13.1. The van der Waals surface area contributed by atoms with Gasteiger partial charge in [0, 0.05) is 23.8 Å². The Morgan fingerprint density at radius 2 is 2.04 bits per heavy atom. The first kappa shape index (κ1) is 16.1. The third-order valence-electron chi connectivity index (χ3n) is 4.63. The molecule has 1 saturated heterocycles. The molecule has 1 atom stereocenters. The summed E-state index contributed by atoms with van der Waals surface area (Å²) in [5, 5.41) is 0.463. The van der Waals surface area contributed by atoms with Crippen LogP contribution in [0.1, 0.15) is 35.7 Å². The van der Waals surface area contributed by atoms with Crippen molar-refractivity contribution in [1.82, 2.24) is 0 Å². The van der Waals surface area contributed by atoms with Crippen LogP contribution in [0.2, 0.25) is 5.02 Å². The van der Waals surface area contributed by atoms with E-state index in [0.717, 1.165) is 0 Å². The van der Waals surface area contributed by atoms with Crippen LogP contribution in [-0.4, -0.2) is 37.4 Å². The highest BCUT2D eigenvalue weighted by Gasteiger charge is 2.55. The zero-order valence-corrected chi connectivity index (χ0v) is 13.5. The Morgan fingerprint density at radius 3 is 2.70 bits per heavy atom. The Kier molecular flexibility index (Phi) is 4.25. The van der Waals surface area contributed by atoms with Crippen LogP contribution in [0.3, 0.4) is 0 Å². The largest absolute Gasteiger partial charge is 0.465 e. The summed E-state index contributed by atoms with van der Waals surface area (Å²) in [6, 6.07) is 4.86. The number of carbonyl (C=O) groups excluding carboxylic acids is 3. The van der Waals surface area contributed by atoms with Crippen LogP contribution < -0.4 is 0 Å². The maximum Gasteiger partial charge on any atom is 0.324 e. The lowest BCUT2D eigenvalue weighted by Gasteiger charge is -2.42. The number of hydrogen-bond donors (Lipinski definition) is 0. The number of hydrogen-bond acceptors (Lipinski definition) is 5. The number of esters is 1. The highest BCUT2D eigenvalue weighted by Crippen LogP contribution is 2.45. The van der Waals surface area contributed by atoms with Crippen molar-refractivity contribution in [2.75, 3.05) is 19.8 Å². The summed E-state index contributed by atoms with van der Waals surface area (Å²) in [6.07, 6.45) is 0.866. The van der Waals surface area contributed by atoms with Crippen molar-refractivity contribution in [1.29, 1.82) is 0 Å². The number of ketones is 2. The van der Waals surface area contributed by atoms with Gasteiger partial charge in [-0.2, -0.15) is 0 Å². The quantitative estimate of drug-likeness (QED) is 0.612. The molecule has 6 heteroatoms. The molecule has 0 aromatic heterocycles. The zero-order chi connectivity index (χ0) is 16.6. The minimum Gasteiger partial charge on any atom is -0.465 e. The first-order valence-electron chi connectivity index (χ1n) is 7.64. The molecule has 1 spiro atoms. The maximum atomic E-state index is 13.1. The predicted octanol–water partition coefficient (Wildman–Crippen LogP) is 2.33. The molecule has 1 heterocycles. The molecule has 0 saturated carbocycles. The van der Waals surface area contributed by atoms with E-state index in [1.165, 1.54) is 0 Å². The Balaban J connectivity index is 2.17. The van der Waals surface area contributed by atoms with Gasteiger partial charge in [-0.3, -0.25) is 14.4 Å². The highest BCUT2D eigenvalue weighted by atomic mass is 35.5. The topological polar surface area (TPSA) is 69.7 Å². The van der Waals surface area contributed by atoms with Crippen LogP contribution in [0.4, 0.5) is 0 Å². The van der Waals surface area contributed by atoms with Gasteiger partial charge in [0.1, 0.15) is 0 Å². The lowest BCUT2D eigenvalue weighted by molar-refractivity contribution is -0.152. The Morgan fingerprint density at radius 1 is 1.35 bits per heavy atom. The molecular weight excluding hydrogens is 320 g/mol. The number of ether oxygens (including phenoxy) is 2. The molecule has 1 aromatic carbocycles. The van der Waals surface area contributed by atoms with E-state index in [4.69, 9.17) is 21.1 Å². The molecule has 122 valence electrons. The smallest absolute Gasteiger partial charge is 0.324 e. The van der Waals surface area contributed by atoms with Gasteiger partial charge in [-0.1, -0.05) is 11.6 Å². The number of benzene rings is 1. The molecule has 3 rings (SSSR count). The monoisotopic (exact) mass is 336 g/mol. The molecule has 0 amide bonds. The molecule has 23 heavy (non-hydrogen) atoms. The molecule has 2 aliphatic rings. The second kappa shape index (κ2) is 6.06. The van der Waals surface area contributed by atoms with E-state index in [-0.39, 0.29) is 12.4 Å². The summed E-state index contributed by atoms with van der Waals surface area (Å²) in [4.78, 5) is 38.0. The van der Waals surface area contributed by atoms with E-state index in [1.54, 1.807) is 25.1 Å². The SMILES string of the molecule is CCOC(=O)C1C(=O)c2ccc(Cl)cc2C2(CCOCC2)C1=O. The van der Waals surface area contributed by atoms with Gasteiger partial charge in [0.15, 0.2) is 17.5 Å².